The summed E-state index contributed by atoms with van der Waals surface area (Å²) in [6, 6.07) is 9.59. The fourth-order valence-corrected chi connectivity index (χ4v) is 3.29. The molecule has 1 amide bonds. The molecule has 3 unspecified atom stereocenters. The van der Waals surface area contributed by atoms with Gasteiger partial charge in [-0.25, -0.2) is 0 Å². The van der Waals surface area contributed by atoms with Gasteiger partial charge in [-0.1, -0.05) is 51.1 Å². The maximum atomic E-state index is 12.4. The molecule has 1 heterocycles. The lowest BCUT2D eigenvalue weighted by Crippen LogP contribution is -2.38. The monoisotopic (exact) mass is 317 g/mol. The zero-order valence-electron chi connectivity index (χ0n) is 14.7. The van der Waals surface area contributed by atoms with Crippen molar-refractivity contribution in [1.29, 1.82) is 0 Å². The Kier molecular flexibility index (Phi) is 6.60. The fourth-order valence-electron chi connectivity index (χ4n) is 3.29. The van der Waals surface area contributed by atoms with Crippen LogP contribution in [0.15, 0.2) is 30.3 Å². The second kappa shape index (κ2) is 8.46. The minimum Gasteiger partial charge on any atom is -0.355 e. The Morgan fingerprint density at radius 3 is 2.65 bits per heavy atom. The van der Waals surface area contributed by atoms with Crippen molar-refractivity contribution in [2.45, 2.75) is 33.2 Å². The van der Waals surface area contributed by atoms with E-state index in [0.717, 1.165) is 31.7 Å². The van der Waals surface area contributed by atoms with E-state index >= 15 is 0 Å². The molecule has 0 saturated carbocycles. The van der Waals surface area contributed by atoms with E-state index in [4.69, 9.17) is 5.73 Å². The zero-order chi connectivity index (χ0) is 16.8. The molecule has 128 valence electrons. The van der Waals surface area contributed by atoms with E-state index in [2.05, 4.69) is 24.1 Å². The average Bonchev–Trinajstić information content (AvgIpc) is 2.98. The Hall–Kier alpha value is -1.39. The summed E-state index contributed by atoms with van der Waals surface area (Å²) in [5, 5.41) is 3.10. The molecule has 0 spiro atoms. The van der Waals surface area contributed by atoms with Crippen LogP contribution in [-0.2, 0) is 4.79 Å². The van der Waals surface area contributed by atoms with Crippen molar-refractivity contribution in [3.63, 3.8) is 0 Å². The number of carbonyl (C=O) groups excluding carboxylic acids is 1. The van der Waals surface area contributed by atoms with Gasteiger partial charge in [-0.05, 0) is 30.4 Å². The lowest BCUT2D eigenvalue weighted by Gasteiger charge is -2.21. The van der Waals surface area contributed by atoms with Gasteiger partial charge in [0.05, 0.1) is 5.92 Å². The number of benzene rings is 1. The second-order valence-corrected chi connectivity index (χ2v) is 7.28. The molecule has 1 aromatic rings. The Labute approximate surface area is 140 Å². The van der Waals surface area contributed by atoms with Crippen molar-refractivity contribution in [2.24, 2.45) is 23.5 Å². The number of nitrogens with zero attached hydrogens (tertiary/aromatic N) is 1. The summed E-state index contributed by atoms with van der Waals surface area (Å²) in [7, 11) is 0. The quantitative estimate of drug-likeness (QED) is 0.812. The van der Waals surface area contributed by atoms with E-state index < -0.39 is 0 Å². The lowest BCUT2D eigenvalue weighted by molar-refractivity contribution is -0.125. The second-order valence-electron chi connectivity index (χ2n) is 7.28. The Balaban J connectivity index is 1.76. The maximum Gasteiger partial charge on any atom is 0.224 e. The number of hydrogen-bond donors (Lipinski definition) is 2. The van der Waals surface area contributed by atoms with Crippen LogP contribution in [0.2, 0.25) is 0 Å². The van der Waals surface area contributed by atoms with E-state index in [1.54, 1.807) is 0 Å². The third-order valence-electron chi connectivity index (χ3n) is 4.69. The normalized spacial score (nSPS) is 21.3. The molecule has 0 aliphatic carbocycles. The number of hydrogen-bond acceptors (Lipinski definition) is 3. The van der Waals surface area contributed by atoms with Gasteiger partial charge in [0.1, 0.15) is 0 Å². The summed E-state index contributed by atoms with van der Waals surface area (Å²) in [6.45, 7) is 10.6. The Bertz CT molecular complexity index is 489. The van der Waals surface area contributed by atoms with Gasteiger partial charge in [-0.15, -0.1) is 0 Å². The molecular weight excluding hydrogens is 286 g/mol. The molecule has 1 aromatic carbocycles. The highest BCUT2D eigenvalue weighted by atomic mass is 16.1. The minimum absolute atomic E-state index is 0.0589. The van der Waals surface area contributed by atoms with Crippen LogP contribution in [0.3, 0.4) is 0 Å². The molecule has 1 saturated heterocycles. The third-order valence-corrected chi connectivity index (χ3v) is 4.69. The molecule has 23 heavy (non-hydrogen) atoms. The highest BCUT2D eigenvalue weighted by molar-refractivity contribution is 5.79. The zero-order valence-corrected chi connectivity index (χ0v) is 14.7. The molecule has 0 aromatic heterocycles. The number of nitrogens with two attached hydrogens (primary N) is 1. The van der Waals surface area contributed by atoms with Gasteiger partial charge in [0.15, 0.2) is 0 Å². The van der Waals surface area contributed by atoms with Crippen LogP contribution in [0.4, 0.5) is 0 Å². The predicted molar refractivity (Wildman–Crippen MR) is 94.9 cm³/mol. The average molecular weight is 317 g/mol. The summed E-state index contributed by atoms with van der Waals surface area (Å²) >= 11 is 0. The largest absolute Gasteiger partial charge is 0.355 e. The van der Waals surface area contributed by atoms with Gasteiger partial charge in [-0.2, -0.15) is 0 Å². The van der Waals surface area contributed by atoms with Crippen molar-refractivity contribution < 1.29 is 4.79 Å². The molecule has 1 fully saturated rings. The molecule has 1 aliphatic rings. The molecule has 1 aliphatic heterocycles. The van der Waals surface area contributed by atoms with Gasteiger partial charge in [0.2, 0.25) is 5.91 Å². The van der Waals surface area contributed by atoms with Gasteiger partial charge in [-0.3, -0.25) is 4.79 Å². The standard InChI is InChI=1S/C19H31N3O/c1-14(2)12-22-10-9-16(13-22)11-21-19(23)15(3)18(20)17-7-5-4-6-8-17/h4-8,14-16,18H,9-13,20H2,1-3H3,(H,21,23). The highest BCUT2D eigenvalue weighted by Gasteiger charge is 2.26. The number of rotatable bonds is 7. The van der Waals surface area contributed by atoms with Crippen LogP contribution in [0, 0.1) is 17.8 Å². The van der Waals surface area contributed by atoms with Crippen molar-refractivity contribution in [3.05, 3.63) is 35.9 Å². The third kappa shape index (κ3) is 5.33. The first-order valence-electron chi connectivity index (χ1n) is 8.78. The molecule has 3 atom stereocenters. The first kappa shape index (κ1) is 18.0. The van der Waals surface area contributed by atoms with Gasteiger partial charge >= 0.3 is 0 Å². The maximum absolute atomic E-state index is 12.4. The van der Waals surface area contributed by atoms with Crippen LogP contribution < -0.4 is 11.1 Å². The first-order valence-corrected chi connectivity index (χ1v) is 8.78. The molecule has 3 N–H and O–H groups in total. The minimum atomic E-state index is -0.253. The number of likely N-dealkylation sites (tertiary alicyclic amines) is 1. The van der Waals surface area contributed by atoms with Crippen molar-refractivity contribution >= 4 is 5.91 Å². The van der Waals surface area contributed by atoms with Crippen LogP contribution >= 0.6 is 0 Å². The van der Waals surface area contributed by atoms with Crippen molar-refractivity contribution in [2.75, 3.05) is 26.2 Å². The van der Waals surface area contributed by atoms with Crippen molar-refractivity contribution in [1.82, 2.24) is 10.2 Å². The SMILES string of the molecule is CC(C)CN1CCC(CNC(=O)C(C)C(N)c2ccccc2)C1. The Morgan fingerprint density at radius 2 is 2.00 bits per heavy atom. The topological polar surface area (TPSA) is 58.4 Å². The summed E-state index contributed by atoms with van der Waals surface area (Å²) in [5.41, 5.74) is 7.24. The molecule has 4 heteroatoms. The smallest absolute Gasteiger partial charge is 0.224 e. The predicted octanol–water partition coefficient (Wildman–Crippen LogP) is 2.42. The summed E-state index contributed by atoms with van der Waals surface area (Å²) in [6.07, 6.45) is 1.17. The van der Waals surface area contributed by atoms with Gasteiger partial charge < -0.3 is 16.0 Å². The highest BCUT2D eigenvalue weighted by Crippen LogP contribution is 2.20. The molecule has 2 rings (SSSR count). The van der Waals surface area contributed by atoms with E-state index in [1.807, 2.05) is 37.3 Å². The first-order chi connectivity index (χ1) is 11.0. The van der Waals surface area contributed by atoms with Crippen LogP contribution in [0.25, 0.3) is 0 Å². The fraction of sp³-hybridized carbons (Fsp3) is 0.632. The van der Waals surface area contributed by atoms with Crippen LogP contribution in [0.5, 0.6) is 0 Å². The molecule has 0 radical (unpaired) electrons. The van der Waals surface area contributed by atoms with Gasteiger partial charge in [0, 0.05) is 25.7 Å². The summed E-state index contributed by atoms with van der Waals surface area (Å²) < 4.78 is 0. The summed E-state index contributed by atoms with van der Waals surface area (Å²) in [5.74, 6) is 1.11. The number of carbonyl (C=O) groups is 1. The van der Waals surface area contributed by atoms with E-state index in [0.29, 0.717) is 11.8 Å². The van der Waals surface area contributed by atoms with Crippen molar-refractivity contribution in [3.8, 4) is 0 Å². The lowest BCUT2D eigenvalue weighted by atomic mass is 9.94. The summed E-state index contributed by atoms with van der Waals surface area (Å²) in [4.78, 5) is 14.9. The van der Waals surface area contributed by atoms with Crippen LogP contribution in [-0.4, -0.2) is 37.0 Å². The molecule has 0 bridgehead atoms. The number of amides is 1. The molecule has 4 nitrogen and oxygen atoms in total. The Morgan fingerprint density at radius 1 is 1.30 bits per heavy atom. The number of nitrogens with one attached hydrogen (secondary N) is 1. The molecular formula is C19H31N3O. The van der Waals surface area contributed by atoms with E-state index in [1.165, 1.54) is 6.42 Å². The van der Waals surface area contributed by atoms with E-state index in [9.17, 15) is 4.79 Å². The van der Waals surface area contributed by atoms with E-state index in [-0.39, 0.29) is 17.9 Å². The van der Waals surface area contributed by atoms with Crippen LogP contribution in [0.1, 0.15) is 38.8 Å². The van der Waals surface area contributed by atoms with Gasteiger partial charge in [0.25, 0.3) is 0 Å².